The molecule has 0 unspecified atom stereocenters. The van der Waals surface area contributed by atoms with E-state index in [2.05, 4.69) is 20.4 Å². The molecule has 13 nitrogen and oxygen atoms in total. The van der Waals surface area contributed by atoms with Crippen molar-refractivity contribution in [2.24, 2.45) is 35.8 Å². The number of amides is 2. The zero-order valence-electron chi connectivity index (χ0n) is 37.7. The van der Waals surface area contributed by atoms with Gasteiger partial charge in [0, 0.05) is 75.6 Å². The van der Waals surface area contributed by atoms with Crippen LogP contribution in [0.3, 0.4) is 0 Å². The fourth-order valence-corrected chi connectivity index (χ4v) is 13.2. The highest BCUT2D eigenvalue weighted by Crippen LogP contribution is 2.64. The van der Waals surface area contributed by atoms with Crippen molar-refractivity contribution >= 4 is 40.8 Å². The van der Waals surface area contributed by atoms with Crippen LogP contribution in [0.2, 0.25) is 5.02 Å². The fourth-order valence-electron chi connectivity index (χ4n) is 13.0. The van der Waals surface area contributed by atoms with Gasteiger partial charge in [0.15, 0.2) is 17.5 Å². The molecule has 0 atom stereocenters. The Bertz CT molecular complexity index is 2580. The molecule has 3 N–H and O–H groups in total. The smallest absolute Gasteiger partial charge is 0.345 e. The maximum atomic E-state index is 16.4. The fraction of sp³-hybridized carbons (Fsp3) is 0.571. The number of aromatic nitrogens is 4. The van der Waals surface area contributed by atoms with Gasteiger partial charge < -0.3 is 29.6 Å². The number of nitrogens with one attached hydrogen (secondary N) is 2. The Morgan fingerprint density at radius 1 is 0.742 bits per heavy atom. The van der Waals surface area contributed by atoms with Gasteiger partial charge in [0.05, 0.1) is 39.8 Å². The normalized spacial score (nSPS) is 26.8. The van der Waals surface area contributed by atoms with E-state index in [-0.39, 0.29) is 56.5 Å². The van der Waals surface area contributed by atoms with E-state index in [1.165, 1.54) is 6.07 Å². The first-order chi connectivity index (χ1) is 31.6. The molecule has 4 fully saturated rings. The van der Waals surface area contributed by atoms with Gasteiger partial charge in [0.25, 0.3) is 11.8 Å². The Hall–Kier alpha value is -4.77. The summed E-state index contributed by atoms with van der Waals surface area (Å²) < 4.78 is 50.4. The number of carbonyl (C=O) groups is 3. The second-order valence-corrected chi connectivity index (χ2v) is 21.0. The van der Waals surface area contributed by atoms with E-state index in [0.29, 0.717) is 25.1 Å². The van der Waals surface area contributed by atoms with Crippen LogP contribution >= 0.6 is 11.6 Å². The molecule has 4 aliphatic carbocycles. The molecule has 2 aromatic carbocycles. The van der Waals surface area contributed by atoms with Crippen molar-refractivity contribution < 1.29 is 37.4 Å². The molecule has 4 bridgehead atoms. The number of hydrogen-bond acceptors (Lipinski definition) is 8. The number of ether oxygens (including phenoxy) is 1. The maximum Gasteiger partial charge on any atom is 0.345 e. The molecular weight excluding hydrogens is 873 g/mol. The van der Waals surface area contributed by atoms with Gasteiger partial charge in [0.1, 0.15) is 0 Å². The molecular formula is C49H58ClF3N8O5. The molecule has 0 radical (unpaired) electrons. The van der Waals surface area contributed by atoms with Crippen molar-refractivity contribution in [3.05, 3.63) is 81.7 Å². The zero-order valence-corrected chi connectivity index (χ0v) is 38.4. The number of carboxylic acid groups (broad SMARTS) is 1. The van der Waals surface area contributed by atoms with Crippen LogP contribution in [0.25, 0.3) is 11.1 Å². The topological polar surface area (TPSA) is 147 Å². The summed E-state index contributed by atoms with van der Waals surface area (Å²) in [5.74, 6) is -1.91. The Kier molecular flexibility index (Phi) is 11.7. The summed E-state index contributed by atoms with van der Waals surface area (Å²) in [4.78, 5) is 53.7. The molecule has 17 heteroatoms. The van der Waals surface area contributed by atoms with Crippen LogP contribution in [0.4, 0.5) is 24.5 Å². The molecule has 6 aliphatic rings. The summed E-state index contributed by atoms with van der Waals surface area (Å²) in [5, 5.41) is 15.6. The van der Waals surface area contributed by atoms with Crippen LogP contribution in [0, 0.1) is 27.5 Å². The first kappa shape index (κ1) is 45.0. The van der Waals surface area contributed by atoms with Gasteiger partial charge in [-0.3, -0.25) is 24.2 Å². The molecule has 10 rings (SSSR count). The highest BCUT2D eigenvalue weighted by atomic mass is 35.5. The minimum Gasteiger partial charge on any atom is -0.481 e. The molecule has 0 spiro atoms. The lowest BCUT2D eigenvalue weighted by atomic mass is 9.80. The number of fused-ring (bicyclic) bond motifs is 6. The van der Waals surface area contributed by atoms with E-state index >= 15 is 4.39 Å². The van der Waals surface area contributed by atoms with Crippen LogP contribution < -0.4 is 10.6 Å². The minimum absolute atomic E-state index is 0.0415. The number of anilines is 2. The molecule has 66 heavy (non-hydrogen) atoms. The standard InChI is InChI=1S/C49H58ClF3N8O5/c1-58-36-10-22-61(24-20-47-15-17-49(28-47,18-16-47)44(64)65)26-34(36)54-40(58)42(62)56-32-7-3-5-30(38(32)50)31-6-4-8-33(39(31)51)57-43(63)41-55-35-25-60(21-9-37(35)59(41)2)23-19-46-11-13-48(27-46,14-12-46)29-66-45(52)53/h3-8,45H,9-29H2,1-2H3,(H,56,62)(H,57,63)(H,64,65). The number of hydrogen-bond donors (Lipinski definition) is 3. The third-order valence-electron chi connectivity index (χ3n) is 16.8. The van der Waals surface area contributed by atoms with E-state index in [1.807, 2.05) is 11.6 Å². The van der Waals surface area contributed by atoms with Gasteiger partial charge in [-0.2, -0.15) is 8.78 Å². The molecule has 4 heterocycles. The molecule has 0 saturated heterocycles. The predicted molar refractivity (Wildman–Crippen MR) is 242 cm³/mol. The Morgan fingerprint density at radius 2 is 1.24 bits per heavy atom. The van der Waals surface area contributed by atoms with Gasteiger partial charge in [-0.15, -0.1) is 0 Å². The maximum absolute atomic E-state index is 16.4. The number of carbonyl (C=O) groups excluding carboxylic acids is 2. The Balaban J connectivity index is 0.766. The van der Waals surface area contributed by atoms with Gasteiger partial charge in [-0.25, -0.2) is 14.4 Å². The van der Waals surface area contributed by atoms with E-state index in [1.54, 1.807) is 41.9 Å². The second kappa shape index (κ2) is 17.1. The van der Waals surface area contributed by atoms with Crippen LogP contribution in [0.5, 0.6) is 0 Å². The number of nitrogens with zero attached hydrogens (tertiary/aromatic N) is 6. The average Bonchev–Trinajstić information content (AvgIpc) is 4.17. The van der Waals surface area contributed by atoms with Crippen molar-refractivity contribution in [3.63, 3.8) is 0 Å². The van der Waals surface area contributed by atoms with Crippen molar-refractivity contribution in [3.8, 4) is 11.1 Å². The van der Waals surface area contributed by atoms with E-state index in [9.17, 15) is 28.3 Å². The number of alkyl halides is 2. The summed E-state index contributed by atoms with van der Waals surface area (Å²) in [6.45, 7) is 1.95. The van der Waals surface area contributed by atoms with Crippen LogP contribution in [0.15, 0.2) is 36.4 Å². The zero-order chi connectivity index (χ0) is 46.2. The predicted octanol–water partition coefficient (Wildman–Crippen LogP) is 8.84. The van der Waals surface area contributed by atoms with Crippen LogP contribution in [0.1, 0.15) is 121 Å². The molecule has 2 amide bonds. The Morgan fingerprint density at radius 3 is 1.79 bits per heavy atom. The highest BCUT2D eigenvalue weighted by Gasteiger charge is 2.58. The van der Waals surface area contributed by atoms with Gasteiger partial charge in [-0.05, 0) is 119 Å². The molecule has 4 saturated carbocycles. The van der Waals surface area contributed by atoms with E-state index < -0.39 is 35.6 Å². The van der Waals surface area contributed by atoms with Crippen molar-refractivity contribution in [2.75, 3.05) is 43.4 Å². The third kappa shape index (κ3) is 8.12. The summed E-state index contributed by atoms with van der Waals surface area (Å²) in [6.07, 6.45) is 12.5. The molecule has 2 aliphatic heterocycles. The highest BCUT2D eigenvalue weighted by molar-refractivity contribution is 6.36. The van der Waals surface area contributed by atoms with Crippen LogP contribution in [-0.4, -0.2) is 91.2 Å². The summed E-state index contributed by atoms with van der Waals surface area (Å²) in [6, 6.07) is 9.67. The molecule has 352 valence electrons. The summed E-state index contributed by atoms with van der Waals surface area (Å²) >= 11 is 6.92. The van der Waals surface area contributed by atoms with E-state index in [0.717, 1.165) is 132 Å². The molecule has 2 aromatic heterocycles. The minimum atomic E-state index is -2.73. The van der Waals surface area contributed by atoms with Gasteiger partial charge in [-0.1, -0.05) is 35.9 Å². The third-order valence-corrected chi connectivity index (χ3v) is 17.3. The number of carboxylic acids is 1. The quantitative estimate of drug-likeness (QED) is 0.106. The van der Waals surface area contributed by atoms with Crippen LogP contribution in [-0.2, 0) is 49.6 Å². The number of rotatable bonds is 15. The van der Waals surface area contributed by atoms with E-state index in [4.69, 9.17) is 26.3 Å². The lowest BCUT2D eigenvalue weighted by Gasteiger charge is -2.32. The van der Waals surface area contributed by atoms with Crippen molar-refractivity contribution in [2.45, 2.75) is 110 Å². The first-order valence-electron chi connectivity index (χ1n) is 23.5. The SMILES string of the molecule is Cn1c(C(=O)Nc2cccc(-c3cccc(NC(=O)c4nc5c(n4C)CCN(CCC46CCC(C(=O)O)(CC4)C6)C5)c3Cl)c2F)nc2c1CCN(CCC13CCC(COC(F)F)(CC1)C3)C2. The van der Waals surface area contributed by atoms with Crippen molar-refractivity contribution in [1.29, 1.82) is 0 Å². The summed E-state index contributed by atoms with van der Waals surface area (Å²) in [5.41, 5.74) is 3.94. The average molecular weight is 932 g/mol. The number of imidazole rings is 2. The molecule has 4 aromatic rings. The number of benzene rings is 2. The first-order valence-corrected chi connectivity index (χ1v) is 23.8. The largest absolute Gasteiger partial charge is 0.481 e. The number of aliphatic carboxylic acids is 1. The van der Waals surface area contributed by atoms with Crippen molar-refractivity contribution in [1.82, 2.24) is 28.9 Å². The monoisotopic (exact) mass is 930 g/mol. The lowest BCUT2D eigenvalue weighted by Crippen LogP contribution is -2.34. The Labute approximate surface area is 387 Å². The lowest BCUT2D eigenvalue weighted by molar-refractivity contribution is -0.151. The van der Waals surface area contributed by atoms with Gasteiger partial charge in [0.2, 0.25) is 0 Å². The second-order valence-electron chi connectivity index (χ2n) is 20.6. The summed E-state index contributed by atoms with van der Waals surface area (Å²) in [7, 11) is 3.63. The van der Waals surface area contributed by atoms with Gasteiger partial charge >= 0.3 is 12.6 Å². The number of halogens is 4.